The van der Waals surface area contributed by atoms with Gasteiger partial charge in [0.15, 0.2) is 0 Å². The second-order valence-corrected chi connectivity index (χ2v) is 3.62. The minimum absolute atomic E-state index is 0.755. The van der Waals surface area contributed by atoms with Gasteiger partial charge in [-0.2, -0.15) is 0 Å². The molecule has 0 rings (SSSR count). The van der Waals surface area contributed by atoms with Crippen molar-refractivity contribution in [1.82, 2.24) is 4.90 Å². The Morgan fingerprint density at radius 2 is 1.71 bits per heavy atom. The van der Waals surface area contributed by atoms with Crippen LogP contribution >= 0.6 is 0 Å². The fourth-order valence-electron chi connectivity index (χ4n) is 1.95. The lowest BCUT2D eigenvalue weighted by atomic mass is 10.1. The highest BCUT2D eigenvalue weighted by molar-refractivity contribution is 4.67. The fourth-order valence-corrected chi connectivity index (χ4v) is 1.95. The molecule has 0 aromatic rings. The van der Waals surface area contributed by atoms with Crippen LogP contribution in [0.15, 0.2) is 0 Å². The zero-order valence-electron chi connectivity index (χ0n) is 10.4. The SMILES string of the molecule is CCOCCCC(CC)N(CC)CC. The lowest BCUT2D eigenvalue weighted by molar-refractivity contribution is 0.127. The molecule has 0 aromatic carbocycles. The van der Waals surface area contributed by atoms with Crippen molar-refractivity contribution in [2.24, 2.45) is 0 Å². The number of nitrogens with zero attached hydrogens (tertiary/aromatic N) is 1. The predicted octanol–water partition coefficient (Wildman–Crippen LogP) is 2.92. The van der Waals surface area contributed by atoms with Crippen molar-refractivity contribution in [1.29, 1.82) is 0 Å². The Labute approximate surface area is 89.6 Å². The van der Waals surface area contributed by atoms with Gasteiger partial charge in [-0.25, -0.2) is 0 Å². The van der Waals surface area contributed by atoms with E-state index in [1.165, 1.54) is 32.4 Å². The summed E-state index contributed by atoms with van der Waals surface area (Å²) in [4.78, 5) is 2.55. The molecule has 0 spiro atoms. The quantitative estimate of drug-likeness (QED) is 0.532. The van der Waals surface area contributed by atoms with Crippen LogP contribution in [0.4, 0.5) is 0 Å². The average Bonchev–Trinajstić information content (AvgIpc) is 2.23. The molecule has 0 saturated carbocycles. The first-order valence-electron chi connectivity index (χ1n) is 6.11. The van der Waals surface area contributed by atoms with Crippen molar-refractivity contribution in [3.63, 3.8) is 0 Å². The smallest absolute Gasteiger partial charge is 0.0466 e. The first-order chi connectivity index (χ1) is 6.79. The van der Waals surface area contributed by atoms with Gasteiger partial charge in [0, 0.05) is 19.3 Å². The summed E-state index contributed by atoms with van der Waals surface area (Å²) >= 11 is 0. The third kappa shape index (κ3) is 5.61. The van der Waals surface area contributed by atoms with Crippen LogP contribution in [0.5, 0.6) is 0 Å². The Balaban J connectivity index is 3.65. The van der Waals surface area contributed by atoms with E-state index in [0.717, 1.165) is 19.3 Å². The monoisotopic (exact) mass is 201 g/mol. The van der Waals surface area contributed by atoms with E-state index in [0.29, 0.717) is 0 Å². The molecule has 0 radical (unpaired) electrons. The van der Waals surface area contributed by atoms with Crippen molar-refractivity contribution in [2.45, 2.75) is 53.0 Å². The van der Waals surface area contributed by atoms with Crippen LogP contribution in [0.25, 0.3) is 0 Å². The van der Waals surface area contributed by atoms with E-state index < -0.39 is 0 Å². The van der Waals surface area contributed by atoms with E-state index in [1.807, 2.05) is 0 Å². The fraction of sp³-hybridized carbons (Fsp3) is 1.00. The summed E-state index contributed by atoms with van der Waals surface area (Å²) < 4.78 is 5.36. The van der Waals surface area contributed by atoms with Crippen LogP contribution in [0.3, 0.4) is 0 Å². The number of ether oxygens (including phenoxy) is 1. The molecule has 86 valence electrons. The maximum Gasteiger partial charge on any atom is 0.0466 e. The van der Waals surface area contributed by atoms with Crippen molar-refractivity contribution in [3.8, 4) is 0 Å². The lowest BCUT2D eigenvalue weighted by Crippen LogP contribution is -2.34. The summed E-state index contributed by atoms with van der Waals surface area (Å²) in [5.41, 5.74) is 0. The molecule has 0 aromatic heterocycles. The van der Waals surface area contributed by atoms with Gasteiger partial charge >= 0.3 is 0 Å². The molecule has 0 aliphatic carbocycles. The standard InChI is InChI=1S/C12H27NO/c1-5-12(13(6-2)7-3)10-9-11-14-8-4/h12H,5-11H2,1-4H3. The Morgan fingerprint density at radius 1 is 1.07 bits per heavy atom. The van der Waals surface area contributed by atoms with E-state index in [2.05, 4.69) is 32.6 Å². The van der Waals surface area contributed by atoms with Crippen molar-refractivity contribution < 1.29 is 4.74 Å². The summed E-state index contributed by atoms with van der Waals surface area (Å²) in [7, 11) is 0. The Hall–Kier alpha value is -0.0800. The summed E-state index contributed by atoms with van der Waals surface area (Å²) in [6, 6.07) is 0.755. The number of hydrogen-bond acceptors (Lipinski definition) is 2. The van der Waals surface area contributed by atoms with Gasteiger partial charge in [-0.15, -0.1) is 0 Å². The molecular weight excluding hydrogens is 174 g/mol. The average molecular weight is 201 g/mol. The van der Waals surface area contributed by atoms with Crippen molar-refractivity contribution in [3.05, 3.63) is 0 Å². The molecule has 0 aliphatic rings. The zero-order chi connectivity index (χ0) is 10.8. The first kappa shape index (κ1) is 13.9. The van der Waals surface area contributed by atoms with Crippen LogP contribution < -0.4 is 0 Å². The third-order valence-electron chi connectivity index (χ3n) is 2.83. The summed E-state index contributed by atoms with van der Waals surface area (Å²) in [6.07, 6.45) is 3.73. The molecule has 2 nitrogen and oxygen atoms in total. The van der Waals surface area contributed by atoms with E-state index >= 15 is 0 Å². The van der Waals surface area contributed by atoms with Gasteiger partial charge < -0.3 is 9.64 Å². The Bertz CT molecular complexity index is 113. The van der Waals surface area contributed by atoms with Gasteiger partial charge in [-0.05, 0) is 39.3 Å². The molecule has 0 fully saturated rings. The van der Waals surface area contributed by atoms with Crippen LogP contribution in [0.2, 0.25) is 0 Å². The first-order valence-corrected chi connectivity index (χ1v) is 6.11. The topological polar surface area (TPSA) is 12.5 Å². The molecule has 2 heteroatoms. The maximum atomic E-state index is 5.36. The van der Waals surface area contributed by atoms with E-state index in [9.17, 15) is 0 Å². The normalized spacial score (nSPS) is 13.5. The van der Waals surface area contributed by atoms with Gasteiger partial charge in [0.05, 0.1) is 0 Å². The number of rotatable bonds is 9. The molecule has 0 N–H and O–H groups in total. The van der Waals surface area contributed by atoms with Gasteiger partial charge in [0.2, 0.25) is 0 Å². The minimum Gasteiger partial charge on any atom is -0.382 e. The van der Waals surface area contributed by atoms with E-state index in [4.69, 9.17) is 4.74 Å². The highest BCUT2D eigenvalue weighted by atomic mass is 16.5. The second kappa shape index (κ2) is 9.47. The predicted molar refractivity (Wildman–Crippen MR) is 62.7 cm³/mol. The minimum atomic E-state index is 0.755. The van der Waals surface area contributed by atoms with Gasteiger partial charge in [-0.3, -0.25) is 0 Å². The van der Waals surface area contributed by atoms with Crippen LogP contribution in [-0.4, -0.2) is 37.2 Å². The van der Waals surface area contributed by atoms with E-state index in [-0.39, 0.29) is 0 Å². The van der Waals surface area contributed by atoms with Crippen LogP contribution in [-0.2, 0) is 4.74 Å². The summed E-state index contributed by atoms with van der Waals surface area (Å²) in [6.45, 7) is 12.9. The van der Waals surface area contributed by atoms with Crippen LogP contribution in [0, 0.1) is 0 Å². The molecule has 0 amide bonds. The number of hydrogen-bond donors (Lipinski definition) is 0. The third-order valence-corrected chi connectivity index (χ3v) is 2.83. The molecule has 0 aliphatic heterocycles. The summed E-state index contributed by atoms with van der Waals surface area (Å²) in [5, 5.41) is 0. The van der Waals surface area contributed by atoms with Crippen molar-refractivity contribution >= 4 is 0 Å². The molecule has 14 heavy (non-hydrogen) atoms. The highest BCUT2D eigenvalue weighted by Gasteiger charge is 2.12. The van der Waals surface area contributed by atoms with Gasteiger partial charge in [0.25, 0.3) is 0 Å². The molecule has 1 unspecified atom stereocenters. The Kier molecular flexibility index (Phi) is 9.42. The molecule has 0 heterocycles. The molecule has 1 atom stereocenters. The largest absolute Gasteiger partial charge is 0.382 e. The van der Waals surface area contributed by atoms with Gasteiger partial charge in [0.1, 0.15) is 0 Å². The summed E-state index contributed by atoms with van der Waals surface area (Å²) in [5.74, 6) is 0. The van der Waals surface area contributed by atoms with Crippen LogP contribution in [0.1, 0.15) is 47.0 Å². The lowest BCUT2D eigenvalue weighted by Gasteiger charge is -2.28. The Morgan fingerprint density at radius 3 is 2.14 bits per heavy atom. The van der Waals surface area contributed by atoms with E-state index in [1.54, 1.807) is 0 Å². The molecule has 0 saturated heterocycles. The molecule has 0 bridgehead atoms. The zero-order valence-corrected chi connectivity index (χ0v) is 10.4. The van der Waals surface area contributed by atoms with Gasteiger partial charge in [-0.1, -0.05) is 20.8 Å². The maximum absolute atomic E-state index is 5.36. The highest BCUT2D eigenvalue weighted by Crippen LogP contribution is 2.10. The molecular formula is C12H27NO. The second-order valence-electron chi connectivity index (χ2n) is 3.62. The van der Waals surface area contributed by atoms with Crippen molar-refractivity contribution in [2.75, 3.05) is 26.3 Å².